The van der Waals surface area contributed by atoms with E-state index in [1.54, 1.807) is 4.68 Å². The molecule has 0 aliphatic carbocycles. The Hall–Kier alpha value is -0.880. The number of aryl methyl sites for hydroxylation is 1. The fraction of sp³-hybridized carbons (Fsp3) is 0.769. The fourth-order valence-electron chi connectivity index (χ4n) is 2.85. The van der Waals surface area contributed by atoms with E-state index in [2.05, 4.69) is 17.3 Å². The summed E-state index contributed by atoms with van der Waals surface area (Å²) in [5, 5.41) is 7.56. The maximum atomic E-state index is 11.8. The van der Waals surface area contributed by atoms with Gasteiger partial charge in [-0.15, -0.1) is 0 Å². The van der Waals surface area contributed by atoms with Crippen LogP contribution < -0.4 is 5.32 Å². The molecule has 2 rings (SSSR count). The minimum atomic E-state index is -2.87. The lowest BCUT2D eigenvalue weighted by Crippen LogP contribution is -2.37. The Balaban J connectivity index is 2.10. The Morgan fingerprint density at radius 3 is 2.84 bits per heavy atom. The molecule has 1 unspecified atom stereocenters. The molecule has 0 bridgehead atoms. The number of hydrogen-bond acceptors (Lipinski definition) is 4. The van der Waals surface area contributed by atoms with Gasteiger partial charge < -0.3 is 5.32 Å². The first-order chi connectivity index (χ1) is 8.95. The smallest absolute Gasteiger partial charge is 0.150 e. The highest BCUT2D eigenvalue weighted by atomic mass is 32.2. The summed E-state index contributed by atoms with van der Waals surface area (Å²) in [6.45, 7) is 3.83. The van der Waals surface area contributed by atoms with Crippen molar-refractivity contribution in [1.82, 2.24) is 15.1 Å². The maximum absolute atomic E-state index is 11.8. The summed E-state index contributed by atoms with van der Waals surface area (Å²) < 4.78 is 25.4. The third-order valence-electron chi connectivity index (χ3n) is 3.73. The highest BCUT2D eigenvalue weighted by Gasteiger charge is 2.42. The van der Waals surface area contributed by atoms with E-state index >= 15 is 0 Å². The van der Waals surface area contributed by atoms with Crippen molar-refractivity contribution < 1.29 is 8.42 Å². The van der Waals surface area contributed by atoms with Crippen molar-refractivity contribution >= 4 is 9.84 Å². The molecule has 1 aliphatic heterocycles. The van der Waals surface area contributed by atoms with E-state index in [9.17, 15) is 8.42 Å². The first-order valence-corrected chi connectivity index (χ1v) is 8.65. The van der Waals surface area contributed by atoms with E-state index in [1.165, 1.54) is 0 Å². The van der Waals surface area contributed by atoms with Gasteiger partial charge in [-0.05, 0) is 31.4 Å². The van der Waals surface area contributed by atoms with Gasteiger partial charge in [0, 0.05) is 25.2 Å². The predicted octanol–water partition coefficient (Wildman–Crippen LogP) is 0.767. The van der Waals surface area contributed by atoms with Gasteiger partial charge in [-0.3, -0.25) is 4.68 Å². The van der Waals surface area contributed by atoms with Crippen molar-refractivity contribution in [3.8, 4) is 0 Å². The lowest BCUT2D eigenvalue weighted by atomic mass is 9.82. The Labute approximate surface area is 115 Å². The van der Waals surface area contributed by atoms with Gasteiger partial charge in [0.25, 0.3) is 0 Å². The lowest BCUT2D eigenvalue weighted by Gasteiger charge is -2.27. The van der Waals surface area contributed by atoms with Crippen LogP contribution in [0.15, 0.2) is 12.4 Å². The summed E-state index contributed by atoms with van der Waals surface area (Å²) in [4.78, 5) is 0. The first kappa shape index (κ1) is 14.5. The molecule has 0 amide bonds. The molecule has 0 radical (unpaired) electrons. The Kier molecular flexibility index (Phi) is 4.30. The number of sulfone groups is 1. The van der Waals surface area contributed by atoms with Crippen molar-refractivity contribution in [1.29, 1.82) is 0 Å². The largest absolute Gasteiger partial charge is 0.316 e. The molecule has 19 heavy (non-hydrogen) atoms. The molecule has 108 valence electrons. The zero-order chi connectivity index (χ0) is 13.9. The second-order valence-electron chi connectivity index (χ2n) is 5.72. The molecule has 0 saturated carbocycles. The fourth-order valence-corrected chi connectivity index (χ4v) is 5.02. The predicted molar refractivity (Wildman–Crippen MR) is 75.8 cm³/mol. The summed E-state index contributed by atoms with van der Waals surface area (Å²) in [5.41, 5.74) is 0.967. The average Bonchev–Trinajstić information content (AvgIpc) is 2.84. The number of hydrogen-bond donors (Lipinski definition) is 1. The highest BCUT2D eigenvalue weighted by Crippen LogP contribution is 2.35. The summed E-state index contributed by atoms with van der Waals surface area (Å²) in [5.74, 6) is 0.618. The van der Waals surface area contributed by atoms with E-state index < -0.39 is 9.84 Å². The van der Waals surface area contributed by atoms with Crippen molar-refractivity contribution in [3.05, 3.63) is 18.0 Å². The van der Waals surface area contributed by atoms with E-state index in [4.69, 9.17) is 0 Å². The molecule has 2 heterocycles. The second kappa shape index (κ2) is 5.63. The lowest BCUT2D eigenvalue weighted by molar-refractivity contribution is 0.312. The van der Waals surface area contributed by atoms with Gasteiger partial charge in [0.05, 0.1) is 17.7 Å². The number of rotatable bonds is 6. The van der Waals surface area contributed by atoms with E-state index in [0.717, 1.165) is 37.9 Å². The number of aromatic nitrogens is 2. The molecular formula is C13H23N3O2S. The van der Waals surface area contributed by atoms with E-state index in [0.29, 0.717) is 11.5 Å². The van der Waals surface area contributed by atoms with Crippen LogP contribution in [0.25, 0.3) is 0 Å². The van der Waals surface area contributed by atoms with Crippen LogP contribution in [-0.4, -0.2) is 42.8 Å². The molecule has 1 aromatic heterocycles. The van der Waals surface area contributed by atoms with Gasteiger partial charge >= 0.3 is 0 Å². The molecule has 1 atom stereocenters. The second-order valence-corrected chi connectivity index (χ2v) is 7.90. The van der Waals surface area contributed by atoms with Crippen LogP contribution in [0, 0.1) is 5.41 Å². The Morgan fingerprint density at radius 2 is 2.32 bits per heavy atom. The van der Waals surface area contributed by atoms with Crippen LogP contribution in [0.3, 0.4) is 0 Å². The normalized spacial score (nSPS) is 25.8. The van der Waals surface area contributed by atoms with Crippen molar-refractivity contribution in [2.75, 3.05) is 24.6 Å². The molecule has 1 N–H and O–H groups in total. The SMILES string of the molecule is CCCNCC1(Cc2cnn(C)c2)CCS(=O)(=O)C1. The molecule has 0 spiro atoms. The monoisotopic (exact) mass is 285 g/mol. The molecule has 6 heteroatoms. The van der Waals surface area contributed by atoms with Crippen LogP contribution in [-0.2, 0) is 23.3 Å². The van der Waals surface area contributed by atoms with Gasteiger partial charge in [-0.2, -0.15) is 5.10 Å². The van der Waals surface area contributed by atoms with Gasteiger partial charge in [-0.25, -0.2) is 8.42 Å². The van der Waals surface area contributed by atoms with E-state index in [1.807, 2.05) is 19.4 Å². The Bertz CT molecular complexity index is 524. The van der Waals surface area contributed by atoms with Crippen molar-refractivity contribution in [3.63, 3.8) is 0 Å². The van der Waals surface area contributed by atoms with Crippen LogP contribution in [0.5, 0.6) is 0 Å². The van der Waals surface area contributed by atoms with Gasteiger partial charge in [0.2, 0.25) is 0 Å². The standard InChI is InChI=1S/C13H23N3O2S/c1-3-5-14-10-13(4-6-19(17,18)11-13)7-12-8-15-16(2)9-12/h8-9,14H,3-7,10-11H2,1-2H3. The quantitative estimate of drug-likeness (QED) is 0.784. The molecule has 1 saturated heterocycles. The summed E-state index contributed by atoms with van der Waals surface area (Å²) in [6, 6.07) is 0. The van der Waals surface area contributed by atoms with Crippen LogP contribution in [0.4, 0.5) is 0 Å². The molecule has 1 aromatic rings. The minimum Gasteiger partial charge on any atom is -0.316 e. The van der Waals surface area contributed by atoms with Crippen LogP contribution in [0.2, 0.25) is 0 Å². The maximum Gasteiger partial charge on any atom is 0.150 e. The highest BCUT2D eigenvalue weighted by molar-refractivity contribution is 7.91. The van der Waals surface area contributed by atoms with Gasteiger partial charge in [0.1, 0.15) is 0 Å². The molecule has 0 aromatic carbocycles. The molecule has 5 nitrogen and oxygen atoms in total. The zero-order valence-corrected chi connectivity index (χ0v) is 12.5. The van der Waals surface area contributed by atoms with Gasteiger partial charge in [0.15, 0.2) is 9.84 Å². The third kappa shape index (κ3) is 3.79. The Morgan fingerprint density at radius 1 is 1.53 bits per heavy atom. The summed E-state index contributed by atoms with van der Waals surface area (Å²) in [6.07, 6.45) is 6.42. The summed E-state index contributed by atoms with van der Waals surface area (Å²) >= 11 is 0. The minimum absolute atomic E-state index is 0.156. The third-order valence-corrected chi connectivity index (χ3v) is 5.61. The van der Waals surface area contributed by atoms with Crippen molar-refractivity contribution in [2.45, 2.75) is 26.2 Å². The van der Waals surface area contributed by atoms with Crippen molar-refractivity contribution in [2.24, 2.45) is 12.5 Å². The topological polar surface area (TPSA) is 64.0 Å². The average molecular weight is 285 g/mol. The van der Waals surface area contributed by atoms with Crippen LogP contribution >= 0.6 is 0 Å². The molecule has 1 aliphatic rings. The molecular weight excluding hydrogens is 262 g/mol. The first-order valence-electron chi connectivity index (χ1n) is 6.83. The molecule has 1 fully saturated rings. The van der Waals surface area contributed by atoms with Crippen LogP contribution in [0.1, 0.15) is 25.3 Å². The van der Waals surface area contributed by atoms with Gasteiger partial charge in [-0.1, -0.05) is 6.92 Å². The number of nitrogens with one attached hydrogen (secondary N) is 1. The van der Waals surface area contributed by atoms with E-state index in [-0.39, 0.29) is 5.41 Å². The number of nitrogens with zero attached hydrogens (tertiary/aromatic N) is 2. The zero-order valence-electron chi connectivity index (χ0n) is 11.7. The summed E-state index contributed by atoms with van der Waals surface area (Å²) in [7, 11) is -0.986.